The Morgan fingerprint density at radius 1 is 0.917 bits per heavy atom. The van der Waals surface area contributed by atoms with Crippen LogP contribution in [0.15, 0.2) is 58.3 Å². The zero-order valence-corrected chi connectivity index (χ0v) is 22.2. The fourth-order valence-electron chi connectivity index (χ4n) is 4.38. The number of benzene rings is 2. The SMILES string of the molecule is CC(C)S(=O)(=O)c1ccc(C(=O)N2CCC(C(C)(C)S(=O)(=O)c3cccc(C(F)(F)F)c3)CC2)cc1. The van der Waals surface area contributed by atoms with Gasteiger partial charge in [-0.3, -0.25) is 4.79 Å². The van der Waals surface area contributed by atoms with Crippen LogP contribution < -0.4 is 0 Å². The first kappa shape index (κ1) is 28.2. The van der Waals surface area contributed by atoms with Crippen molar-refractivity contribution in [3.8, 4) is 0 Å². The molecule has 0 saturated carbocycles. The molecule has 3 rings (SSSR count). The van der Waals surface area contributed by atoms with E-state index in [1.165, 1.54) is 44.2 Å². The minimum Gasteiger partial charge on any atom is -0.339 e. The van der Waals surface area contributed by atoms with Crippen LogP contribution in [0.25, 0.3) is 0 Å². The summed E-state index contributed by atoms with van der Waals surface area (Å²) in [7, 11) is -7.56. The number of halogens is 3. The third-order valence-electron chi connectivity index (χ3n) is 6.98. The van der Waals surface area contributed by atoms with Crippen LogP contribution in [0, 0.1) is 5.92 Å². The van der Waals surface area contributed by atoms with Gasteiger partial charge in [0.05, 0.1) is 25.4 Å². The predicted octanol–water partition coefficient (Wildman–Crippen LogP) is 4.99. The molecule has 1 amide bonds. The summed E-state index contributed by atoms with van der Waals surface area (Å²) in [6.07, 6.45) is -3.94. The highest BCUT2D eigenvalue weighted by Gasteiger charge is 2.45. The molecule has 0 aromatic heterocycles. The molecule has 0 N–H and O–H groups in total. The first-order valence-electron chi connectivity index (χ1n) is 11.5. The van der Waals surface area contributed by atoms with E-state index in [4.69, 9.17) is 0 Å². The summed E-state index contributed by atoms with van der Waals surface area (Å²) in [5.41, 5.74) is -0.695. The Bertz CT molecular complexity index is 1320. The number of nitrogens with zero attached hydrogens (tertiary/aromatic N) is 1. The molecule has 0 spiro atoms. The van der Waals surface area contributed by atoms with Crippen LogP contribution in [-0.2, 0) is 25.9 Å². The molecule has 2 aromatic rings. The molecule has 1 saturated heterocycles. The van der Waals surface area contributed by atoms with E-state index in [2.05, 4.69) is 0 Å². The van der Waals surface area contributed by atoms with Crippen LogP contribution in [0.2, 0.25) is 0 Å². The number of alkyl halides is 3. The lowest BCUT2D eigenvalue weighted by Gasteiger charge is -2.40. The molecule has 1 fully saturated rings. The maximum absolute atomic E-state index is 13.3. The molecule has 1 aliphatic heterocycles. The minimum atomic E-state index is -4.65. The van der Waals surface area contributed by atoms with Crippen LogP contribution in [0.1, 0.15) is 56.5 Å². The van der Waals surface area contributed by atoms with Crippen molar-refractivity contribution in [1.82, 2.24) is 4.90 Å². The van der Waals surface area contributed by atoms with Crippen LogP contribution in [0.4, 0.5) is 13.2 Å². The van der Waals surface area contributed by atoms with Gasteiger partial charge in [0.1, 0.15) is 0 Å². The molecule has 1 aliphatic rings. The Labute approximate surface area is 210 Å². The second-order valence-electron chi connectivity index (χ2n) is 9.82. The van der Waals surface area contributed by atoms with Crippen LogP contribution in [0.5, 0.6) is 0 Å². The van der Waals surface area contributed by atoms with E-state index < -0.39 is 41.4 Å². The number of hydrogen-bond donors (Lipinski definition) is 0. The van der Waals surface area contributed by atoms with Gasteiger partial charge in [-0.2, -0.15) is 13.2 Å². The molecule has 198 valence electrons. The highest BCUT2D eigenvalue weighted by Crippen LogP contribution is 2.39. The summed E-state index contributed by atoms with van der Waals surface area (Å²) < 4.78 is 89.3. The van der Waals surface area contributed by atoms with E-state index >= 15 is 0 Å². The van der Waals surface area contributed by atoms with Crippen LogP contribution in [-0.4, -0.2) is 50.7 Å². The Kier molecular flexibility index (Phi) is 7.68. The van der Waals surface area contributed by atoms with Crippen LogP contribution in [0.3, 0.4) is 0 Å². The molecule has 0 aliphatic carbocycles. The van der Waals surface area contributed by atoms with E-state index in [-0.39, 0.29) is 34.7 Å². The molecule has 0 radical (unpaired) electrons. The standard InChI is InChI=1S/C25H30F3NO5S2/c1-17(2)35(31,32)21-10-8-18(9-11-21)23(30)29-14-12-19(13-15-29)24(3,4)36(33,34)22-7-5-6-20(16-22)25(26,27)28/h5-11,16-17,19H,12-15H2,1-4H3. The monoisotopic (exact) mass is 545 g/mol. The van der Waals surface area contributed by atoms with Gasteiger partial charge in [0, 0.05) is 18.7 Å². The second kappa shape index (κ2) is 9.81. The number of likely N-dealkylation sites (tertiary alicyclic amines) is 1. The normalized spacial score (nSPS) is 16.4. The number of carbonyl (C=O) groups excluding carboxylic acids is 1. The summed E-state index contributed by atoms with van der Waals surface area (Å²) in [5.74, 6) is -0.667. The predicted molar refractivity (Wildman–Crippen MR) is 130 cm³/mol. The second-order valence-corrected chi connectivity index (χ2v) is 14.9. The fraction of sp³-hybridized carbons (Fsp3) is 0.480. The van der Waals surface area contributed by atoms with E-state index in [1.807, 2.05) is 0 Å². The van der Waals surface area contributed by atoms with Crippen molar-refractivity contribution in [1.29, 1.82) is 0 Å². The topological polar surface area (TPSA) is 88.6 Å². The molecule has 6 nitrogen and oxygen atoms in total. The van der Waals surface area contributed by atoms with Crippen molar-refractivity contribution in [2.45, 2.75) is 66.5 Å². The summed E-state index contributed by atoms with van der Waals surface area (Å²) >= 11 is 0. The Morgan fingerprint density at radius 2 is 1.47 bits per heavy atom. The van der Waals surface area contributed by atoms with Gasteiger partial charge in [0.25, 0.3) is 5.91 Å². The van der Waals surface area contributed by atoms with Crippen molar-refractivity contribution >= 4 is 25.6 Å². The van der Waals surface area contributed by atoms with Gasteiger partial charge in [0.15, 0.2) is 19.7 Å². The smallest absolute Gasteiger partial charge is 0.339 e. The van der Waals surface area contributed by atoms with Crippen LogP contribution >= 0.6 is 0 Å². The lowest BCUT2D eigenvalue weighted by atomic mass is 9.85. The number of rotatable bonds is 6. The maximum Gasteiger partial charge on any atom is 0.416 e. The third-order valence-corrected chi connectivity index (χ3v) is 11.7. The molecule has 11 heteroatoms. The first-order valence-corrected chi connectivity index (χ1v) is 14.6. The average molecular weight is 546 g/mol. The van der Waals surface area contributed by atoms with Gasteiger partial charge in [-0.15, -0.1) is 0 Å². The van der Waals surface area contributed by atoms with E-state index in [1.54, 1.807) is 18.7 Å². The van der Waals surface area contributed by atoms with Gasteiger partial charge in [-0.25, -0.2) is 16.8 Å². The Hall–Kier alpha value is -2.40. The van der Waals surface area contributed by atoms with Crippen molar-refractivity contribution in [2.75, 3.05) is 13.1 Å². The quantitative estimate of drug-likeness (QED) is 0.510. The van der Waals surface area contributed by atoms with E-state index in [9.17, 15) is 34.8 Å². The van der Waals surface area contributed by atoms with Gasteiger partial charge < -0.3 is 4.90 Å². The fourth-order valence-corrected chi connectivity index (χ4v) is 7.26. The molecule has 2 aromatic carbocycles. The number of carbonyl (C=O) groups is 1. The number of hydrogen-bond acceptors (Lipinski definition) is 5. The summed E-state index contributed by atoms with van der Waals surface area (Å²) in [5, 5.41) is -0.589. The highest BCUT2D eigenvalue weighted by molar-refractivity contribution is 7.93. The molecular weight excluding hydrogens is 515 g/mol. The molecule has 0 unspecified atom stereocenters. The van der Waals surface area contributed by atoms with Gasteiger partial charge in [-0.05, 0) is 88.9 Å². The van der Waals surface area contributed by atoms with E-state index in [0.29, 0.717) is 24.5 Å². The summed E-state index contributed by atoms with van der Waals surface area (Å²) in [4.78, 5) is 14.3. The van der Waals surface area contributed by atoms with Crippen molar-refractivity contribution in [3.05, 3.63) is 59.7 Å². The number of sulfone groups is 2. The minimum absolute atomic E-state index is 0.134. The highest BCUT2D eigenvalue weighted by atomic mass is 32.2. The average Bonchev–Trinajstić information content (AvgIpc) is 2.83. The lowest BCUT2D eigenvalue weighted by Crippen LogP contribution is -2.47. The zero-order valence-electron chi connectivity index (χ0n) is 20.5. The van der Waals surface area contributed by atoms with Crippen molar-refractivity contribution in [2.24, 2.45) is 5.92 Å². The Balaban J connectivity index is 1.73. The maximum atomic E-state index is 13.3. The number of piperidine rings is 1. The zero-order chi connectivity index (χ0) is 27.1. The molecule has 0 atom stereocenters. The van der Waals surface area contributed by atoms with Gasteiger partial charge in [0.2, 0.25) is 0 Å². The third kappa shape index (κ3) is 5.32. The van der Waals surface area contributed by atoms with E-state index in [0.717, 1.165) is 12.1 Å². The summed E-state index contributed by atoms with van der Waals surface area (Å²) in [6.45, 7) is 6.73. The molecule has 1 heterocycles. The molecule has 36 heavy (non-hydrogen) atoms. The van der Waals surface area contributed by atoms with Crippen molar-refractivity contribution in [3.63, 3.8) is 0 Å². The summed E-state index contributed by atoms with van der Waals surface area (Å²) in [6, 6.07) is 9.50. The van der Waals surface area contributed by atoms with Gasteiger partial charge >= 0.3 is 6.18 Å². The largest absolute Gasteiger partial charge is 0.416 e. The van der Waals surface area contributed by atoms with Gasteiger partial charge in [-0.1, -0.05) is 6.07 Å². The first-order chi connectivity index (χ1) is 16.5. The lowest BCUT2D eigenvalue weighted by molar-refractivity contribution is -0.137. The Morgan fingerprint density at radius 3 is 1.97 bits per heavy atom. The van der Waals surface area contributed by atoms with Crippen molar-refractivity contribution < 1.29 is 34.8 Å². The molecule has 0 bridgehead atoms. The molecular formula is C25H30F3NO5S2. The number of amides is 1.